The highest BCUT2D eigenvalue weighted by atomic mass is 27.2. The molecule has 0 aliphatic heterocycles. The Morgan fingerprint density at radius 2 is 0.794 bits per heavy atom. The number of hydrogen-bond donors (Lipinski definition) is 0. The summed E-state index contributed by atoms with van der Waals surface area (Å²) in [7, 11) is 0. The molecule has 0 fully saturated rings. The number of rotatable bonds is 6. The van der Waals surface area contributed by atoms with Gasteiger partial charge in [-0.1, -0.05) is 133 Å². The van der Waals surface area contributed by atoms with E-state index in [-0.39, 0.29) is 21.7 Å². The molecular formula is C31H49AlO2. The van der Waals surface area contributed by atoms with Gasteiger partial charge >= 0.3 is 14.8 Å². The summed E-state index contributed by atoms with van der Waals surface area (Å²) in [5.41, 5.74) is 5.00. The molecule has 2 aromatic rings. The van der Waals surface area contributed by atoms with E-state index >= 15 is 0 Å². The topological polar surface area (TPSA) is 18.5 Å². The van der Waals surface area contributed by atoms with Crippen LogP contribution in [0.5, 0.6) is 11.5 Å². The van der Waals surface area contributed by atoms with Gasteiger partial charge in [-0.05, 0) is 49.2 Å². The molecule has 0 aromatic heterocycles. The van der Waals surface area contributed by atoms with Crippen LogP contribution in [0.15, 0.2) is 36.4 Å². The lowest BCUT2D eigenvalue weighted by molar-refractivity contribution is 0.385. The van der Waals surface area contributed by atoms with E-state index in [2.05, 4.69) is 126 Å². The van der Waals surface area contributed by atoms with E-state index in [4.69, 9.17) is 7.58 Å². The van der Waals surface area contributed by atoms with Crippen LogP contribution >= 0.6 is 0 Å². The quantitative estimate of drug-likeness (QED) is 0.384. The Labute approximate surface area is 215 Å². The highest BCUT2D eigenvalue weighted by Gasteiger charge is 2.38. The van der Waals surface area contributed by atoms with Gasteiger partial charge in [0.05, 0.1) is 11.5 Å². The van der Waals surface area contributed by atoms with Crippen LogP contribution in [-0.4, -0.2) is 14.8 Å². The van der Waals surface area contributed by atoms with Gasteiger partial charge in [0.15, 0.2) is 0 Å². The highest BCUT2D eigenvalue weighted by molar-refractivity contribution is 6.46. The second-order valence-electron chi connectivity index (χ2n) is 13.8. The summed E-state index contributed by atoms with van der Waals surface area (Å²) in [5.74, 6) is 2.08. The minimum atomic E-state index is -2.09. The molecule has 0 atom stereocenters. The zero-order chi connectivity index (χ0) is 26.1. The summed E-state index contributed by atoms with van der Waals surface area (Å²) in [5, 5.41) is 0.962. The summed E-state index contributed by atoms with van der Waals surface area (Å²) in [4.78, 5) is 0. The molecule has 0 bridgehead atoms. The van der Waals surface area contributed by atoms with Crippen LogP contribution in [0.1, 0.15) is 119 Å². The van der Waals surface area contributed by atoms with Crippen LogP contribution in [0.3, 0.4) is 0 Å². The zero-order valence-corrected chi connectivity index (χ0v) is 25.4. The van der Waals surface area contributed by atoms with Gasteiger partial charge in [-0.2, -0.15) is 0 Å². The van der Waals surface area contributed by atoms with Crippen molar-refractivity contribution in [1.82, 2.24) is 0 Å². The minimum absolute atomic E-state index is 0.0123. The molecule has 0 N–H and O–H groups in total. The molecule has 34 heavy (non-hydrogen) atoms. The summed E-state index contributed by atoms with van der Waals surface area (Å²) in [6.45, 7) is 29.5. The molecule has 0 amide bonds. The van der Waals surface area contributed by atoms with E-state index in [1.807, 2.05) is 0 Å². The molecule has 0 aliphatic carbocycles. The molecule has 0 saturated carbocycles. The molecule has 188 valence electrons. The van der Waals surface area contributed by atoms with Crippen molar-refractivity contribution in [3.05, 3.63) is 58.7 Å². The monoisotopic (exact) mass is 480 g/mol. The van der Waals surface area contributed by atoms with Gasteiger partial charge < -0.3 is 7.58 Å². The third-order valence-corrected chi connectivity index (χ3v) is 8.33. The lowest BCUT2D eigenvalue weighted by atomic mass is 9.79. The fourth-order valence-electron chi connectivity index (χ4n) is 4.33. The second-order valence-corrected chi connectivity index (χ2v) is 15.7. The molecule has 2 nitrogen and oxygen atoms in total. The van der Waals surface area contributed by atoms with E-state index in [1.54, 1.807) is 0 Å². The lowest BCUT2D eigenvalue weighted by Gasteiger charge is -2.34. The van der Waals surface area contributed by atoms with E-state index < -0.39 is 14.8 Å². The first-order chi connectivity index (χ1) is 15.4. The Morgan fingerprint density at radius 1 is 0.529 bits per heavy atom. The van der Waals surface area contributed by atoms with E-state index in [1.165, 1.54) is 22.3 Å². The molecular weight excluding hydrogens is 431 g/mol. The van der Waals surface area contributed by atoms with E-state index in [0.29, 0.717) is 0 Å². The van der Waals surface area contributed by atoms with Gasteiger partial charge in [-0.25, -0.2) is 0 Å². The van der Waals surface area contributed by atoms with Crippen LogP contribution in [-0.2, 0) is 21.7 Å². The minimum Gasteiger partial charge on any atom is -0.611 e. The molecule has 0 heterocycles. The van der Waals surface area contributed by atoms with E-state index in [9.17, 15) is 0 Å². The first-order valence-electron chi connectivity index (χ1n) is 13.0. The largest absolute Gasteiger partial charge is 0.856 e. The maximum atomic E-state index is 7.03. The third-order valence-electron chi connectivity index (χ3n) is 6.29. The number of benzene rings is 2. The van der Waals surface area contributed by atoms with Crippen molar-refractivity contribution in [1.29, 1.82) is 0 Å². The fourth-order valence-corrected chi connectivity index (χ4v) is 6.12. The summed E-state index contributed by atoms with van der Waals surface area (Å²) >= 11 is -2.09. The Morgan fingerprint density at radius 3 is 1.00 bits per heavy atom. The average molecular weight is 481 g/mol. The second kappa shape index (κ2) is 10.3. The van der Waals surface area contributed by atoms with Gasteiger partial charge in [0.25, 0.3) is 0 Å². The smallest absolute Gasteiger partial charge is 0.611 e. The van der Waals surface area contributed by atoms with Gasteiger partial charge in [0.2, 0.25) is 0 Å². The van der Waals surface area contributed by atoms with Gasteiger partial charge in [-0.15, -0.1) is 0 Å². The number of hydrogen-bond acceptors (Lipinski definition) is 2. The van der Waals surface area contributed by atoms with E-state index in [0.717, 1.165) is 23.2 Å². The Kier molecular flexibility index (Phi) is 8.71. The molecule has 0 radical (unpaired) electrons. The Bertz CT molecular complexity index is 821. The first kappa shape index (κ1) is 28.8. The molecule has 0 spiro atoms. The van der Waals surface area contributed by atoms with Crippen molar-refractivity contribution in [3.8, 4) is 11.5 Å². The molecule has 2 rings (SSSR count). The predicted molar refractivity (Wildman–Crippen MR) is 150 cm³/mol. The summed E-state index contributed by atoms with van der Waals surface area (Å²) < 4.78 is 14.1. The van der Waals surface area contributed by atoms with Crippen molar-refractivity contribution >= 4 is 14.8 Å². The number of para-hydroxylation sites is 2. The Balaban J connectivity index is 2.67. The fraction of sp³-hybridized carbons (Fsp3) is 0.613. The van der Waals surface area contributed by atoms with Gasteiger partial charge in [0.1, 0.15) is 0 Å². The van der Waals surface area contributed by atoms with Gasteiger partial charge in [-0.3, -0.25) is 0 Å². The normalized spacial score (nSPS) is 13.1. The predicted octanol–water partition coefficient (Wildman–Crippen LogP) is 9.23. The van der Waals surface area contributed by atoms with Crippen molar-refractivity contribution in [2.45, 2.75) is 123 Å². The highest BCUT2D eigenvalue weighted by Crippen LogP contribution is 2.42. The molecule has 2 aromatic carbocycles. The van der Waals surface area contributed by atoms with Crippen molar-refractivity contribution in [2.24, 2.45) is 0 Å². The maximum absolute atomic E-state index is 7.03. The summed E-state index contributed by atoms with van der Waals surface area (Å²) in [6.07, 6.45) is 1.04. The molecule has 0 aliphatic rings. The van der Waals surface area contributed by atoms with Crippen molar-refractivity contribution in [3.63, 3.8) is 0 Å². The van der Waals surface area contributed by atoms with Crippen LogP contribution in [0.25, 0.3) is 0 Å². The van der Waals surface area contributed by atoms with Crippen LogP contribution in [0.4, 0.5) is 0 Å². The molecule has 3 heteroatoms. The maximum Gasteiger partial charge on any atom is 0.856 e. The third kappa shape index (κ3) is 7.05. The molecule has 0 saturated heterocycles. The van der Waals surface area contributed by atoms with Gasteiger partial charge in [0, 0.05) is 0 Å². The standard InChI is InChI=1S/2C14H22O.C3H7.Al/c2*1-13(2,3)10-8-7-9-11(12(10)15)14(4,5)6;1-3-2;/h2*7-9,15H,1-6H3;1,3H2,2H3;/q;;;+2/p-2. The summed E-state index contributed by atoms with van der Waals surface area (Å²) in [6, 6.07) is 13.3. The van der Waals surface area contributed by atoms with Crippen LogP contribution in [0.2, 0.25) is 5.28 Å². The zero-order valence-electron chi connectivity index (χ0n) is 24.3. The first-order valence-corrected chi connectivity index (χ1v) is 14.7. The van der Waals surface area contributed by atoms with Crippen molar-refractivity contribution in [2.75, 3.05) is 0 Å². The van der Waals surface area contributed by atoms with Crippen LogP contribution < -0.4 is 7.58 Å². The van der Waals surface area contributed by atoms with Crippen LogP contribution in [0, 0.1) is 0 Å². The average Bonchev–Trinajstić information content (AvgIpc) is 2.65. The Hall–Kier alpha value is -1.43. The molecule has 0 unspecified atom stereocenters. The lowest BCUT2D eigenvalue weighted by Crippen LogP contribution is -2.34. The SMILES string of the molecule is CC[CH2][Al]([O]c1c(C(C)(C)C)cccc1C(C)(C)C)[O]c1c(C(C)(C)C)cccc1C(C)(C)C. The van der Waals surface area contributed by atoms with Crippen molar-refractivity contribution < 1.29 is 7.58 Å².